The van der Waals surface area contributed by atoms with Crippen molar-refractivity contribution in [2.75, 3.05) is 38.1 Å². The first kappa shape index (κ1) is 20.3. The topological polar surface area (TPSA) is 71.6 Å². The summed E-state index contributed by atoms with van der Waals surface area (Å²) in [5.74, 6) is -0.553. The van der Waals surface area contributed by atoms with Gasteiger partial charge in [0, 0.05) is 37.7 Å². The van der Waals surface area contributed by atoms with Gasteiger partial charge in [0.25, 0.3) is 5.43 Å². The molecule has 2 heterocycles. The zero-order valence-electron chi connectivity index (χ0n) is 16.3. The molecule has 1 aromatic heterocycles. The number of benzene rings is 2. The van der Waals surface area contributed by atoms with Crippen LogP contribution in [0.2, 0.25) is 5.02 Å². The number of aromatic nitrogens is 1. The summed E-state index contributed by atoms with van der Waals surface area (Å²) in [6.07, 6.45) is 1.23. The van der Waals surface area contributed by atoms with Gasteiger partial charge in [-0.05, 0) is 36.9 Å². The number of hydrogen-bond acceptors (Lipinski definition) is 5. The van der Waals surface area contributed by atoms with E-state index in [1.165, 1.54) is 6.20 Å². The van der Waals surface area contributed by atoms with Crippen LogP contribution in [0.15, 0.2) is 47.4 Å². The average Bonchev–Trinajstić information content (AvgIpc) is 2.72. The molecular formula is C21H20ClFN4O3. The third kappa shape index (κ3) is 3.88. The zero-order chi connectivity index (χ0) is 21.4. The lowest BCUT2D eigenvalue weighted by molar-refractivity contribution is -0.386. The zero-order valence-corrected chi connectivity index (χ0v) is 17.1. The molecule has 1 fully saturated rings. The van der Waals surface area contributed by atoms with Gasteiger partial charge < -0.3 is 14.4 Å². The van der Waals surface area contributed by atoms with Crippen molar-refractivity contribution in [1.29, 1.82) is 0 Å². The first-order chi connectivity index (χ1) is 14.3. The normalized spacial score (nSPS) is 15.0. The van der Waals surface area contributed by atoms with Crippen molar-refractivity contribution in [3.05, 3.63) is 79.3 Å². The third-order valence-corrected chi connectivity index (χ3v) is 5.69. The molecule has 156 valence electrons. The molecule has 0 saturated carbocycles. The maximum atomic E-state index is 14.9. The van der Waals surface area contributed by atoms with E-state index in [9.17, 15) is 19.3 Å². The van der Waals surface area contributed by atoms with Crippen molar-refractivity contribution in [2.45, 2.75) is 6.54 Å². The van der Waals surface area contributed by atoms with Crippen molar-refractivity contribution < 1.29 is 9.31 Å². The molecule has 0 bridgehead atoms. The number of rotatable bonds is 4. The molecule has 0 N–H and O–H groups in total. The number of likely N-dealkylation sites (N-methyl/N-ethyl adjacent to an activating group) is 1. The van der Waals surface area contributed by atoms with E-state index in [1.807, 2.05) is 24.1 Å². The molecule has 0 amide bonds. The fraction of sp³-hybridized carbons (Fsp3) is 0.286. The Labute approximate surface area is 177 Å². The van der Waals surface area contributed by atoms with Crippen LogP contribution in [-0.2, 0) is 6.54 Å². The van der Waals surface area contributed by atoms with Gasteiger partial charge in [0.15, 0.2) is 0 Å². The maximum absolute atomic E-state index is 14.9. The van der Waals surface area contributed by atoms with E-state index in [-0.39, 0.29) is 11.9 Å². The third-order valence-electron chi connectivity index (χ3n) is 5.44. The molecule has 2 aromatic carbocycles. The Bertz CT molecular complexity index is 1170. The van der Waals surface area contributed by atoms with E-state index >= 15 is 0 Å². The molecule has 0 radical (unpaired) electrons. The van der Waals surface area contributed by atoms with Gasteiger partial charge in [0.1, 0.15) is 5.82 Å². The molecule has 0 spiro atoms. The molecule has 4 rings (SSSR count). The predicted molar refractivity (Wildman–Crippen MR) is 115 cm³/mol. The lowest BCUT2D eigenvalue weighted by Gasteiger charge is -2.34. The highest BCUT2D eigenvalue weighted by Crippen LogP contribution is 2.27. The van der Waals surface area contributed by atoms with Crippen LogP contribution in [0.3, 0.4) is 0 Å². The Balaban J connectivity index is 1.87. The van der Waals surface area contributed by atoms with Crippen LogP contribution in [-0.4, -0.2) is 47.6 Å². The monoisotopic (exact) mass is 430 g/mol. The highest BCUT2D eigenvalue weighted by atomic mass is 35.5. The van der Waals surface area contributed by atoms with Gasteiger partial charge in [-0.3, -0.25) is 14.9 Å². The van der Waals surface area contributed by atoms with Crippen molar-refractivity contribution >= 4 is 33.9 Å². The number of nitrogens with zero attached hydrogens (tertiary/aromatic N) is 4. The van der Waals surface area contributed by atoms with Crippen molar-refractivity contribution in [2.24, 2.45) is 0 Å². The van der Waals surface area contributed by atoms with E-state index < -0.39 is 21.9 Å². The van der Waals surface area contributed by atoms with E-state index in [4.69, 9.17) is 11.6 Å². The van der Waals surface area contributed by atoms with Gasteiger partial charge in [-0.25, -0.2) is 4.39 Å². The Kier molecular flexibility index (Phi) is 5.44. The second-order valence-corrected chi connectivity index (χ2v) is 7.90. The van der Waals surface area contributed by atoms with Crippen LogP contribution in [0.5, 0.6) is 0 Å². The second-order valence-electron chi connectivity index (χ2n) is 7.47. The highest BCUT2D eigenvalue weighted by molar-refractivity contribution is 6.30. The Hall–Kier alpha value is -2.97. The SMILES string of the molecule is CN1CCN(c2cc3c(cc2F)c(=O)c([N+](=O)[O-])cn3Cc2ccc(Cl)cc2)CC1. The fourth-order valence-corrected chi connectivity index (χ4v) is 3.85. The first-order valence-electron chi connectivity index (χ1n) is 9.52. The minimum Gasteiger partial charge on any atom is -0.367 e. The van der Waals surface area contributed by atoms with Gasteiger partial charge in [-0.15, -0.1) is 0 Å². The number of piperazine rings is 1. The Morgan fingerprint density at radius 1 is 1.13 bits per heavy atom. The molecule has 3 aromatic rings. The minimum atomic E-state index is -0.786. The molecule has 1 aliphatic heterocycles. The van der Waals surface area contributed by atoms with Gasteiger partial charge in [0.2, 0.25) is 0 Å². The van der Waals surface area contributed by atoms with Crippen LogP contribution in [0.4, 0.5) is 15.8 Å². The summed E-state index contributed by atoms with van der Waals surface area (Å²) in [4.78, 5) is 27.4. The second kappa shape index (κ2) is 8.04. The summed E-state index contributed by atoms with van der Waals surface area (Å²) >= 11 is 5.94. The number of nitro groups is 1. The summed E-state index contributed by atoms with van der Waals surface area (Å²) in [6.45, 7) is 3.20. The summed E-state index contributed by atoms with van der Waals surface area (Å²) in [5.41, 5.74) is 0.336. The molecular weight excluding hydrogens is 411 g/mol. The van der Waals surface area contributed by atoms with Gasteiger partial charge in [-0.1, -0.05) is 23.7 Å². The minimum absolute atomic E-state index is 0.00598. The molecule has 1 saturated heterocycles. The Morgan fingerprint density at radius 2 is 1.80 bits per heavy atom. The van der Waals surface area contributed by atoms with E-state index in [1.54, 1.807) is 22.8 Å². The number of halogens is 2. The van der Waals surface area contributed by atoms with Gasteiger partial charge >= 0.3 is 5.69 Å². The summed E-state index contributed by atoms with van der Waals surface area (Å²) in [7, 11) is 2.01. The lowest BCUT2D eigenvalue weighted by atomic mass is 10.1. The van der Waals surface area contributed by atoms with Gasteiger partial charge in [0.05, 0.1) is 27.7 Å². The van der Waals surface area contributed by atoms with Gasteiger partial charge in [-0.2, -0.15) is 0 Å². The predicted octanol–water partition coefficient (Wildman–Crippen LogP) is 3.50. The molecule has 9 heteroatoms. The number of anilines is 1. The lowest BCUT2D eigenvalue weighted by Crippen LogP contribution is -2.44. The maximum Gasteiger partial charge on any atom is 0.332 e. The molecule has 0 aliphatic carbocycles. The average molecular weight is 431 g/mol. The number of hydrogen-bond donors (Lipinski definition) is 0. The standard InChI is InChI=1S/C21H20ClFN4O3/c1-24-6-8-25(9-7-24)19-11-18-16(10-17(19)23)21(28)20(27(29)30)13-26(18)12-14-2-4-15(22)5-3-14/h2-5,10-11,13H,6-9,12H2,1H3. The summed E-state index contributed by atoms with van der Waals surface area (Å²) in [6, 6.07) is 9.82. The van der Waals surface area contributed by atoms with E-state index in [2.05, 4.69) is 4.90 Å². The number of pyridine rings is 1. The molecule has 0 unspecified atom stereocenters. The summed E-state index contributed by atoms with van der Waals surface area (Å²) in [5, 5.41) is 12.0. The number of fused-ring (bicyclic) bond motifs is 1. The molecule has 30 heavy (non-hydrogen) atoms. The molecule has 0 atom stereocenters. The molecule has 7 nitrogen and oxygen atoms in total. The van der Waals surface area contributed by atoms with E-state index in [0.717, 1.165) is 24.7 Å². The van der Waals surface area contributed by atoms with Crippen LogP contribution in [0.25, 0.3) is 10.9 Å². The van der Waals surface area contributed by atoms with Crippen molar-refractivity contribution in [3.63, 3.8) is 0 Å². The van der Waals surface area contributed by atoms with E-state index in [0.29, 0.717) is 29.3 Å². The van der Waals surface area contributed by atoms with Crippen LogP contribution >= 0.6 is 11.6 Å². The van der Waals surface area contributed by atoms with Crippen LogP contribution < -0.4 is 10.3 Å². The fourth-order valence-electron chi connectivity index (χ4n) is 3.72. The van der Waals surface area contributed by atoms with Crippen LogP contribution in [0, 0.1) is 15.9 Å². The highest BCUT2D eigenvalue weighted by Gasteiger charge is 2.23. The first-order valence-corrected chi connectivity index (χ1v) is 9.90. The largest absolute Gasteiger partial charge is 0.367 e. The quantitative estimate of drug-likeness (QED) is 0.468. The van der Waals surface area contributed by atoms with Crippen LogP contribution in [0.1, 0.15) is 5.56 Å². The smallest absolute Gasteiger partial charge is 0.332 e. The van der Waals surface area contributed by atoms with Crippen molar-refractivity contribution in [3.8, 4) is 0 Å². The summed E-state index contributed by atoms with van der Waals surface area (Å²) < 4.78 is 16.6. The van der Waals surface area contributed by atoms with Crippen molar-refractivity contribution in [1.82, 2.24) is 9.47 Å². The Morgan fingerprint density at radius 3 is 2.43 bits per heavy atom. The molecule has 1 aliphatic rings.